The smallest absolute Gasteiger partial charge is 0.328 e. The molecule has 0 aliphatic carbocycles. The molecule has 0 bridgehead atoms. The van der Waals surface area contributed by atoms with E-state index in [1.807, 2.05) is 0 Å². The quantitative estimate of drug-likeness (QED) is 0.829. The highest BCUT2D eigenvalue weighted by Gasteiger charge is 2.06. The van der Waals surface area contributed by atoms with E-state index in [0.29, 0.717) is 18.1 Å². The molecule has 0 saturated heterocycles. The maximum absolute atomic E-state index is 10.5. The number of nitrogens with zero attached hydrogens (tertiary/aromatic N) is 1. The van der Waals surface area contributed by atoms with Crippen LogP contribution in [0.5, 0.6) is 11.5 Å². The van der Waals surface area contributed by atoms with Crippen molar-refractivity contribution in [3.05, 3.63) is 46.4 Å². The van der Waals surface area contributed by atoms with E-state index in [-0.39, 0.29) is 0 Å². The zero-order valence-electron chi connectivity index (χ0n) is 10.8. The Kier molecular flexibility index (Phi) is 4.73. The Morgan fingerprint density at radius 2 is 2.30 bits per heavy atom. The van der Waals surface area contributed by atoms with Gasteiger partial charge in [-0.05, 0) is 23.8 Å². The van der Waals surface area contributed by atoms with Crippen molar-refractivity contribution in [3.8, 4) is 11.5 Å². The Labute approximate surface area is 120 Å². The number of rotatable bonds is 6. The van der Waals surface area contributed by atoms with Gasteiger partial charge in [0.15, 0.2) is 11.5 Å². The van der Waals surface area contributed by atoms with Gasteiger partial charge in [0.2, 0.25) is 0 Å². The lowest BCUT2D eigenvalue weighted by Gasteiger charge is -2.10. The first-order valence-electron chi connectivity index (χ1n) is 5.78. The number of ether oxygens (including phenoxy) is 2. The van der Waals surface area contributed by atoms with Crippen LogP contribution in [0.3, 0.4) is 0 Å². The minimum absolute atomic E-state index is 0.422. The summed E-state index contributed by atoms with van der Waals surface area (Å²) in [5.41, 5.74) is 2.48. The van der Waals surface area contributed by atoms with E-state index in [1.165, 1.54) is 17.4 Å². The maximum Gasteiger partial charge on any atom is 0.328 e. The first-order chi connectivity index (χ1) is 9.69. The molecule has 1 aromatic heterocycles. The zero-order chi connectivity index (χ0) is 14.4. The zero-order valence-corrected chi connectivity index (χ0v) is 11.6. The molecule has 0 aliphatic heterocycles. The third-order valence-electron chi connectivity index (χ3n) is 2.46. The number of benzene rings is 1. The summed E-state index contributed by atoms with van der Waals surface area (Å²) in [6.45, 7) is 0.422. The summed E-state index contributed by atoms with van der Waals surface area (Å²) in [6.07, 6.45) is 4.32. The number of aromatic nitrogens is 1. The standard InChI is InChI=1S/C14H13NO4S/c1-18-13-6-10(3-5-14(16)17)2-4-12(13)19-8-11-7-15-9-20-11/h2-7,9H,8H2,1H3,(H,16,17)/b5-3+. The molecule has 1 heterocycles. The van der Waals surface area contributed by atoms with Crippen LogP contribution < -0.4 is 9.47 Å². The monoisotopic (exact) mass is 291 g/mol. The fourth-order valence-electron chi connectivity index (χ4n) is 1.54. The molecule has 0 aliphatic rings. The molecular formula is C14H13NO4S. The molecule has 1 N–H and O–H groups in total. The van der Waals surface area contributed by atoms with Crippen LogP contribution in [0.25, 0.3) is 6.08 Å². The number of thiazole rings is 1. The Morgan fingerprint density at radius 1 is 1.45 bits per heavy atom. The van der Waals surface area contributed by atoms with Crippen molar-refractivity contribution in [2.24, 2.45) is 0 Å². The molecule has 1 aromatic carbocycles. The Hall–Kier alpha value is -2.34. The van der Waals surface area contributed by atoms with Gasteiger partial charge in [-0.3, -0.25) is 4.98 Å². The average Bonchev–Trinajstić information content (AvgIpc) is 2.96. The van der Waals surface area contributed by atoms with Crippen LogP contribution in [-0.2, 0) is 11.4 Å². The van der Waals surface area contributed by atoms with E-state index in [4.69, 9.17) is 14.6 Å². The van der Waals surface area contributed by atoms with Gasteiger partial charge in [0, 0.05) is 12.3 Å². The van der Waals surface area contributed by atoms with E-state index in [2.05, 4.69) is 4.98 Å². The number of carbonyl (C=O) groups is 1. The first-order valence-corrected chi connectivity index (χ1v) is 6.66. The number of carboxylic acid groups (broad SMARTS) is 1. The molecule has 20 heavy (non-hydrogen) atoms. The second-order valence-corrected chi connectivity index (χ2v) is 4.81. The van der Waals surface area contributed by atoms with Crippen LogP contribution in [0.4, 0.5) is 0 Å². The van der Waals surface area contributed by atoms with Gasteiger partial charge in [-0.2, -0.15) is 0 Å². The van der Waals surface area contributed by atoms with Crippen molar-refractivity contribution >= 4 is 23.4 Å². The van der Waals surface area contributed by atoms with E-state index in [0.717, 1.165) is 16.5 Å². The number of hydrogen-bond acceptors (Lipinski definition) is 5. The van der Waals surface area contributed by atoms with Gasteiger partial charge in [0.25, 0.3) is 0 Å². The maximum atomic E-state index is 10.5. The summed E-state index contributed by atoms with van der Waals surface area (Å²) in [5.74, 6) is 0.171. The summed E-state index contributed by atoms with van der Waals surface area (Å²) in [4.78, 5) is 15.5. The molecule has 5 nitrogen and oxygen atoms in total. The van der Waals surface area contributed by atoms with Crippen LogP contribution in [0.1, 0.15) is 10.4 Å². The van der Waals surface area contributed by atoms with Gasteiger partial charge >= 0.3 is 5.97 Å². The van der Waals surface area contributed by atoms with Gasteiger partial charge in [0.05, 0.1) is 17.5 Å². The molecule has 0 spiro atoms. The van der Waals surface area contributed by atoms with E-state index < -0.39 is 5.97 Å². The van der Waals surface area contributed by atoms with Crippen LogP contribution >= 0.6 is 11.3 Å². The highest BCUT2D eigenvalue weighted by atomic mass is 32.1. The van der Waals surface area contributed by atoms with Crippen LogP contribution in [0.2, 0.25) is 0 Å². The predicted octanol–water partition coefficient (Wildman–Crippen LogP) is 2.83. The van der Waals surface area contributed by atoms with Gasteiger partial charge in [-0.25, -0.2) is 4.79 Å². The number of carboxylic acids is 1. The van der Waals surface area contributed by atoms with Crippen LogP contribution in [-0.4, -0.2) is 23.2 Å². The molecule has 6 heteroatoms. The van der Waals surface area contributed by atoms with Gasteiger partial charge in [-0.15, -0.1) is 11.3 Å². The summed E-state index contributed by atoms with van der Waals surface area (Å²) in [7, 11) is 1.54. The number of hydrogen-bond donors (Lipinski definition) is 1. The number of aliphatic carboxylic acids is 1. The first kappa shape index (κ1) is 14.1. The third-order valence-corrected chi connectivity index (χ3v) is 3.21. The van der Waals surface area contributed by atoms with E-state index in [9.17, 15) is 4.79 Å². The second kappa shape index (κ2) is 6.72. The number of methoxy groups -OCH3 is 1. The lowest BCUT2D eigenvalue weighted by Crippen LogP contribution is -1.96. The molecule has 0 radical (unpaired) electrons. The highest BCUT2D eigenvalue weighted by molar-refractivity contribution is 7.09. The average molecular weight is 291 g/mol. The summed E-state index contributed by atoms with van der Waals surface area (Å²) in [6, 6.07) is 5.24. The molecule has 0 atom stereocenters. The third kappa shape index (κ3) is 3.83. The Balaban J connectivity index is 2.11. The lowest BCUT2D eigenvalue weighted by atomic mass is 10.2. The van der Waals surface area contributed by atoms with Crippen molar-refractivity contribution in [1.29, 1.82) is 0 Å². The molecule has 0 unspecified atom stereocenters. The SMILES string of the molecule is COc1cc(/C=C/C(=O)O)ccc1OCc1cncs1. The molecular weight excluding hydrogens is 278 g/mol. The fourth-order valence-corrected chi connectivity index (χ4v) is 2.04. The Morgan fingerprint density at radius 3 is 2.95 bits per heavy atom. The Bertz CT molecular complexity index is 608. The lowest BCUT2D eigenvalue weighted by molar-refractivity contribution is -0.131. The van der Waals surface area contributed by atoms with E-state index >= 15 is 0 Å². The molecule has 0 fully saturated rings. The van der Waals surface area contributed by atoms with Gasteiger partial charge in [0.1, 0.15) is 6.61 Å². The molecule has 0 amide bonds. The molecule has 2 rings (SSSR count). The van der Waals surface area contributed by atoms with Crippen molar-refractivity contribution < 1.29 is 19.4 Å². The second-order valence-electron chi connectivity index (χ2n) is 3.84. The summed E-state index contributed by atoms with van der Waals surface area (Å²) in [5, 5.41) is 8.60. The summed E-state index contributed by atoms with van der Waals surface area (Å²) >= 11 is 1.52. The minimum Gasteiger partial charge on any atom is -0.493 e. The molecule has 2 aromatic rings. The fraction of sp³-hybridized carbons (Fsp3) is 0.143. The predicted molar refractivity (Wildman–Crippen MR) is 76.1 cm³/mol. The molecule has 104 valence electrons. The largest absolute Gasteiger partial charge is 0.493 e. The van der Waals surface area contributed by atoms with Crippen LogP contribution in [0, 0.1) is 0 Å². The normalized spacial score (nSPS) is 10.7. The van der Waals surface area contributed by atoms with Crippen LogP contribution in [0.15, 0.2) is 36.0 Å². The van der Waals surface area contributed by atoms with Crippen molar-refractivity contribution in [2.45, 2.75) is 6.61 Å². The minimum atomic E-state index is -0.991. The van der Waals surface area contributed by atoms with Gasteiger partial charge < -0.3 is 14.6 Å². The van der Waals surface area contributed by atoms with Gasteiger partial charge in [-0.1, -0.05) is 6.07 Å². The highest BCUT2D eigenvalue weighted by Crippen LogP contribution is 2.29. The van der Waals surface area contributed by atoms with Crippen molar-refractivity contribution in [3.63, 3.8) is 0 Å². The van der Waals surface area contributed by atoms with Crippen molar-refractivity contribution in [1.82, 2.24) is 4.98 Å². The summed E-state index contributed by atoms with van der Waals surface area (Å²) < 4.78 is 10.9. The molecule has 0 saturated carbocycles. The topological polar surface area (TPSA) is 68.7 Å². The van der Waals surface area contributed by atoms with E-state index in [1.54, 1.807) is 37.0 Å². The van der Waals surface area contributed by atoms with Crippen molar-refractivity contribution in [2.75, 3.05) is 7.11 Å².